The zero-order valence-corrected chi connectivity index (χ0v) is 16.3. The molecule has 0 saturated carbocycles. The molecule has 1 atom stereocenters. The second-order valence-electron chi connectivity index (χ2n) is 7.45. The molecule has 7 heteroatoms. The van der Waals surface area contributed by atoms with E-state index in [9.17, 15) is 13.2 Å². The highest BCUT2D eigenvalue weighted by atomic mass is 32.2. The van der Waals surface area contributed by atoms with E-state index in [1.165, 1.54) is 5.56 Å². The molecule has 6 nitrogen and oxygen atoms in total. The van der Waals surface area contributed by atoms with E-state index in [-0.39, 0.29) is 23.5 Å². The molecule has 0 aliphatic carbocycles. The molecule has 2 fully saturated rings. The van der Waals surface area contributed by atoms with Crippen molar-refractivity contribution in [2.45, 2.75) is 25.4 Å². The van der Waals surface area contributed by atoms with Crippen LogP contribution in [0.25, 0.3) is 0 Å². The van der Waals surface area contributed by atoms with E-state index in [4.69, 9.17) is 0 Å². The molecule has 0 radical (unpaired) electrons. The molecule has 26 heavy (non-hydrogen) atoms. The number of hydrogen-bond acceptors (Lipinski definition) is 5. The van der Waals surface area contributed by atoms with Crippen molar-refractivity contribution in [1.29, 1.82) is 0 Å². The van der Waals surface area contributed by atoms with Crippen molar-refractivity contribution in [2.75, 3.05) is 51.3 Å². The van der Waals surface area contributed by atoms with Gasteiger partial charge in [-0.15, -0.1) is 0 Å². The van der Waals surface area contributed by atoms with Crippen LogP contribution in [0.1, 0.15) is 18.4 Å². The molecule has 1 aromatic carbocycles. The van der Waals surface area contributed by atoms with Crippen molar-refractivity contribution in [2.24, 2.45) is 0 Å². The molecule has 2 aliphatic heterocycles. The van der Waals surface area contributed by atoms with Gasteiger partial charge in [-0.25, -0.2) is 8.42 Å². The van der Waals surface area contributed by atoms with Gasteiger partial charge >= 0.3 is 0 Å². The van der Waals surface area contributed by atoms with Gasteiger partial charge in [0.15, 0.2) is 9.84 Å². The lowest BCUT2D eigenvalue weighted by Crippen LogP contribution is -2.44. The number of nitrogens with zero attached hydrogens (tertiary/aromatic N) is 3. The van der Waals surface area contributed by atoms with Crippen LogP contribution in [0.2, 0.25) is 0 Å². The summed E-state index contributed by atoms with van der Waals surface area (Å²) >= 11 is 0. The molecule has 0 bridgehead atoms. The number of hydrogen-bond donors (Lipinski definition) is 0. The first-order valence-electron chi connectivity index (χ1n) is 9.38. The van der Waals surface area contributed by atoms with Crippen LogP contribution in [0.4, 0.5) is 0 Å². The lowest BCUT2D eigenvalue weighted by Gasteiger charge is -2.27. The van der Waals surface area contributed by atoms with Gasteiger partial charge in [0.1, 0.15) is 0 Å². The molecule has 1 unspecified atom stereocenters. The third-order valence-corrected chi connectivity index (χ3v) is 7.19. The number of likely N-dealkylation sites (N-methyl/N-ethyl adjacent to an activating group) is 1. The van der Waals surface area contributed by atoms with E-state index in [2.05, 4.69) is 34.1 Å². The Kier molecular flexibility index (Phi) is 6.32. The number of carbonyl (C=O) groups is 1. The fraction of sp³-hybridized carbons (Fsp3) is 0.632. The summed E-state index contributed by atoms with van der Waals surface area (Å²) in [6.07, 6.45) is 1.61. The Morgan fingerprint density at radius 1 is 1.12 bits per heavy atom. The maximum absolute atomic E-state index is 12.6. The van der Waals surface area contributed by atoms with Crippen molar-refractivity contribution in [3.05, 3.63) is 35.9 Å². The fourth-order valence-corrected chi connectivity index (χ4v) is 5.54. The minimum atomic E-state index is -2.96. The van der Waals surface area contributed by atoms with Gasteiger partial charge in [0.2, 0.25) is 5.91 Å². The fourth-order valence-electron chi connectivity index (χ4n) is 3.77. The van der Waals surface area contributed by atoms with E-state index >= 15 is 0 Å². The Morgan fingerprint density at radius 2 is 1.81 bits per heavy atom. The molecule has 1 amide bonds. The van der Waals surface area contributed by atoms with Crippen molar-refractivity contribution in [3.63, 3.8) is 0 Å². The molecule has 2 heterocycles. The zero-order valence-electron chi connectivity index (χ0n) is 15.5. The highest BCUT2D eigenvalue weighted by Crippen LogP contribution is 2.17. The Bertz CT molecular complexity index is 708. The Balaban J connectivity index is 1.47. The van der Waals surface area contributed by atoms with E-state index in [0.29, 0.717) is 13.0 Å². The number of benzene rings is 1. The predicted molar refractivity (Wildman–Crippen MR) is 103 cm³/mol. The lowest BCUT2D eigenvalue weighted by molar-refractivity contribution is -0.132. The summed E-state index contributed by atoms with van der Waals surface area (Å²) in [7, 11) is -1.22. The molecular formula is C19H29N3O3S. The van der Waals surface area contributed by atoms with Gasteiger partial charge in [-0.2, -0.15) is 0 Å². The molecule has 2 aliphatic rings. The summed E-state index contributed by atoms with van der Waals surface area (Å²) in [6, 6.07) is 10.3. The summed E-state index contributed by atoms with van der Waals surface area (Å²) < 4.78 is 23.3. The van der Waals surface area contributed by atoms with Crippen molar-refractivity contribution >= 4 is 15.7 Å². The third kappa shape index (κ3) is 5.28. The summed E-state index contributed by atoms with van der Waals surface area (Å²) in [5.74, 6) is 0.344. The van der Waals surface area contributed by atoms with Gasteiger partial charge in [-0.05, 0) is 31.5 Å². The minimum absolute atomic E-state index is 0.0311. The molecule has 1 aromatic rings. The molecule has 144 valence electrons. The van der Waals surface area contributed by atoms with E-state index in [1.54, 1.807) is 11.9 Å². The third-order valence-electron chi connectivity index (χ3n) is 5.44. The summed E-state index contributed by atoms with van der Waals surface area (Å²) in [5.41, 5.74) is 1.32. The second kappa shape index (κ2) is 8.50. The van der Waals surface area contributed by atoms with Crippen LogP contribution < -0.4 is 0 Å². The molecule has 2 saturated heterocycles. The maximum atomic E-state index is 12.6. The van der Waals surface area contributed by atoms with Crippen molar-refractivity contribution in [3.8, 4) is 0 Å². The second-order valence-corrected chi connectivity index (χ2v) is 9.68. The van der Waals surface area contributed by atoms with Gasteiger partial charge in [0, 0.05) is 32.7 Å². The smallest absolute Gasteiger partial charge is 0.236 e. The van der Waals surface area contributed by atoms with Crippen molar-refractivity contribution < 1.29 is 13.2 Å². The van der Waals surface area contributed by atoms with Gasteiger partial charge in [-0.1, -0.05) is 30.3 Å². The molecule has 3 rings (SSSR count). The molecule has 0 aromatic heterocycles. The van der Waals surface area contributed by atoms with E-state index < -0.39 is 9.84 Å². The number of carbonyl (C=O) groups excluding carboxylic acids is 1. The summed E-state index contributed by atoms with van der Waals surface area (Å²) in [6.45, 7) is 5.10. The monoisotopic (exact) mass is 379 g/mol. The number of sulfone groups is 1. The predicted octanol–water partition coefficient (Wildman–Crippen LogP) is 0.840. The highest BCUT2D eigenvalue weighted by molar-refractivity contribution is 7.91. The standard InChI is InChI=1S/C19H29N3O3S/c1-20(18-8-13-26(24,25)16-18)19(23)15-22-10-5-9-21(11-12-22)14-17-6-3-2-4-7-17/h2-4,6-7,18H,5,8-16H2,1H3. The normalized spacial score (nSPS) is 24.3. The average Bonchev–Trinajstić information content (AvgIpc) is 2.84. The number of rotatable bonds is 5. The zero-order chi connectivity index (χ0) is 18.6. The van der Waals surface area contributed by atoms with Crippen LogP contribution in [0.5, 0.6) is 0 Å². The molecule has 0 spiro atoms. The lowest BCUT2D eigenvalue weighted by atomic mass is 10.2. The average molecular weight is 380 g/mol. The first-order valence-corrected chi connectivity index (χ1v) is 11.2. The molecule has 0 N–H and O–H groups in total. The van der Waals surface area contributed by atoms with Crippen LogP contribution >= 0.6 is 0 Å². The largest absolute Gasteiger partial charge is 0.341 e. The van der Waals surface area contributed by atoms with Crippen LogP contribution in [-0.2, 0) is 21.2 Å². The minimum Gasteiger partial charge on any atom is -0.341 e. The van der Waals surface area contributed by atoms with Crippen molar-refractivity contribution in [1.82, 2.24) is 14.7 Å². The molecular weight excluding hydrogens is 350 g/mol. The first-order chi connectivity index (χ1) is 12.4. The van der Waals surface area contributed by atoms with E-state index in [0.717, 1.165) is 39.1 Å². The van der Waals surface area contributed by atoms with Crippen LogP contribution in [0.15, 0.2) is 30.3 Å². The van der Waals surface area contributed by atoms with Gasteiger partial charge < -0.3 is 4.90 Å². The Morgan fingerprint density at radius 3 is 2.50 bits per heavy atom. The van der Waals surface area contributed by atoms with Gasteiger partial charge in [0.25, 0.3) is 0 Å². The SMILES string of the molecule is CN(C(=O)CN1CCCN(Cc2ccccc2)CC1)C1CCS(=O)(=O)C1. The highest BCUT2D eigenvalue weighted by Gasteiger charge is 2.33. The van der Waals surface area contributed by atoms with Crippen LogP contribution in [0.3, 0.4) is 0 Å². The van der Waals surface area contributed by atoms with Gasteiger partial charge in [-0.3, -0.25) is 14.6 Å². The Labute approximate surface area is 156 Å². The Hall–Kier alpha value is -1.44. The quantitative estimate of drug-likeness (QED) is 0.759. The van der Waals surface area contributed by atoms with Crippen LogP contribution in [-0.4, -0.2) is 86.3 Å². The van der Waals surface area contributed by atoms with Crippen LogP contribution in [0, 0.1) is 0 Å². The number of amides is 1. The summed E-state index contributed by atoms with van der Waals surface area (Å²) in [5, 5.41) is 0. The van der Waals surface area contributed by atoms with E-state index in [1.807, 2.05) is 6.07 Å². The topological polar surface area (TPSA) is 60.9 Å². The summed E-state index contributed by atoms with van der Waals surface area (Å²) in [4.78, 5) is 18.9. The first kappa shape index (κ1) is 19.3. The van der Waals surface area contributed by atoms with Gasteiger partial charge in [0.05, 0.1) is 18.1 Å². The maximum Gasteiger partial charge on any atom is 0.236 e.